The normalized spacial score (nSPS) is 14.4. The fourth-order valence-corrected chi connectivity index (χ4v) is 3.98. The average Bonchev–Trinajstić information content (AvgIpc) is 3.01. The topological polar surface area (TPSA) is 52.1 Å². The predicted molar refractivity (Wildman–Crippen MR) is 141 cm³/mol. The zero-order valence-electron chi connectivity index (χ0n) is 25.2. The molecular formula is C29H25F17N2O2. The molecule has 0 N–H and O–H groups in total. The van der Waals surface area contributed by atoms with Gasteiger partial charge >= 0.3 is 53.6 Å². The average molecular weight is 756 g/mol. The third kappa shape index (κ3) is 8.10. The number of rotatable bonds is 17. The van der Waals surface area contributed by atoms with Gasteiger partial charge in [0.05, 0.1) is 13.0 Å². The standard InChI is InChI=1S/C29H25F17N2O2/c1-2-3-4-5-6-18-15-47-21(48-16-18)19-10-7-17(8-11-19)9-12-20(49)50-14-13-22(30,31)23(32,33)24(34,35)25(36,37)26(38,39)27(40,41)28(42,43)29(44,45)46/h7-12,15-16H,2-6,13-14H2,1H3. The van der Waals surface area contributed by atoms with Crippen molar-refractivity contribution in [2.45, 2.75) is 93.1 Å². The molecule has 0 bridgehead atoms. The summed E-state index contributed by atoms with van der Waals surface area (Å²) in [6.45, 7) is 0.0404. The van der Waals surface area contributed by atoms with Crippen LogP contribution in [-0.4, -0.2) is 70.2 Å². The molecule has 0 saturated heterocycles. The van der Waals surface area contributed by atoms with Gasteiger partial charge in [-0.25, -0.2) is 14.8 Å². The maximum atomic E-state index is 14.0. The van der Waals surface area contributed by atoms with Gasteiger partial charge in [-0.3, -0.25) is 0 Å². The van der Waals surface area contributed by atoms with Crippen molar-refractivity contribution in [2.75, 3.05) is 6.61 Å². The van der Waals surface area contributed by atoms with E-state index in [-0.39, 0.29) is 5.56 Å². The van der Waals surface area contributed by atoms with Crippen LogP contribution in [0.5, 0.6) is 0 Å². The van der Waals surface area contributed by atoms with Crippen molar-refractivity contribution in [2.24, 2.45) is 0 Å². The van der Waals surface area contributed by atoms with Crippen LogP contribution < -0.4 is 0 Å². The Morgan fingerprint density at radius 1 is 0.660 bits per heavy atom. The molecule has 1 heterocycles. The van der Waals surface area contributed by atoms with Crippen molar-refractivity contribution in [3.63, 3.8) is 0 Å². The third-order valence-electron chi connectivity index (χ3n) is 7.05. The molecular weight excluding hydrogens is 731 g/mol. The van der Waals surface area contributed by atoms with Crippen LogP contribution in [0.25, 0.3) is 17.5 Å². The Morgan fingerprint density at radius 2 is 1.14 bits per heavy atom. The first-order chi connectivity index (χ1) is 22.6. The molecule has 0 saturated carbocycles. The van der Waals surface area contributed by atoms with Gasteiger partial charge in [0.25, 0.3) is 0 Å². The van der Waals surface area contributed by atoms with Gasteiger partial charge in [-0.15, -0.1) is 0 Å². The van der Waals surface area contributed by atoms with Crippen molar-refractivity contribution in [1.82, 2.24) is 9.97 Å². The van der Waals surface area contributed by atoms with E-state index in [1.165, 1.54) is 24.3 Å². The lowest BCUT2D eigenvalue weighted by atomic mass is 9.88. The molecule has 50 heavy (non-hydrogen) atoms. The molecule has 0 amide bonds. The Balaban J connectivity index is 2.08. The van der Waals surface area contributed by atoms with Crippen molar-refractivity contribution in [3.05, 3.63) is 53.9 Å². The minimum atomic E-state index is -8.71. The highest BCUT2D eigenvalue weighted by Gasteiger charge is 2.95. The lowest BCUT2D eigenvalue weighted by Gasteiger charge is -2.42. The Morgan fingerprint density at radius 3 is 1.62 bits per heavy atom. The second kappa shape index (κ2) is 14.9. The van der Waals surface area contributed by atoms with E-state index < -0.39 is 66.6 Å². The highest BCUT2D eigenvalue weighted by atomic mass is 19.4. The highest BCUT2D eigenvalue weighted by molar-refractivity contribution is 5.87. The summed E-state index contributed by atoms with van der Waals surface area (Å²) in [5.41, 5.74) is 1.66. The molecule has 0 aliphatic carbocycles. The zero-order chi connectivity index (χ0) is 38.6. The number of hydrogen-bond acceptors (Lipinski definition) is 4. The number of unbranched alkanes of at least 4 members (excludes halogenated alkanes) is 3. The second-order valence-corrected chi connectivity index (χ2v) is 10.7. The minimum Gasteiger partial charge on any atom is -0.462 e. The monoisotopic (exact) mass is 756 g/mol. The van der Waals surface area contributed by atoms with E-state index in [9.17, 15) is 79.4 Å². The molecule has 0 fully saturated rings. The Kier molecular flexibility index (Phi) is 12.7. The van der Waals surface area contributed by atoms with Gasteiger partial charge in [0.15, 0.2) is 5.82 Å². The molecule has 0 unspecified atom stereocenters. The minimum absolute atomic E-state index is 0.228. The molecule has 1 aromatic carbocycles. The number of halogens is 17. The van der Waals surface area contributed by atoms with Gasteiger partial charge in [0.1, 0.15) is 0 Å². The van der Waals surface area contributed by atoms with E-state index >= 15 is 0 Å². The first-order valence-electron chi connectivity index (χ1n) is 14.1. The molecule has 282 valence electrons. The van der Waals surface area contributed by atoms with Crippen LogP contribution in [0.1, 0.15) is 50.2 Å². The summed E-state index contributed by atoms with van der Waals surface area (Å²) in [7, 11) is 0. The highest BCUT2D eigenvalue weighted by Crippen LogP contribution is 2.64. The van der Waals surface area contributed by atoms with Crippen molar-refractivity contribution in [1.29, 1.82) is 0 Å². The number of nitrogens with zero attached hydrogens (tertiary/aromatic N) is 2. The van der Waals surface area contributed by atoms with E-state index in [1.807, 2.05) is 0 Å². The van der Waals surface area contributed by atoms with Crippen molar-refractivity contribution < 1.29 is 84.2 Å². The summed E-state index contributed by atoms with van der Waals surface area (Å²) < 4.78 is 231. The Bertz CT molecular complexity index is 1460. The number of aromatic nitrogens is 2. The molecule has 21 heteroatoms. The van der Waals surface area contributed by atoms with Crippen LogP contribution in [0.4, 0.5) is 74.6 Å². The maximum Gasteiger partial charge on any atom is 0.460 e. The van der Waals surface area contributed by atoms with E-state index in [0.717, 1.165) is 43.7 Å². The molecule has 0 atom stereocenters. The third-order valence-corrected chi connectivity index (χ3v) is 7.05. The van der Waals surface area contributed by atoms with Gasteiger partial charge in [-0.05, 0) is 30.0 Å². The number of alkyl halides is 17. The van der Waals surface area contributed by atoms with Crippen LogP contribution in [0.3, 0.4) is 0 Å². The van der Waals surface area contributed by atoms with Gasteiger partial charge in [-0.2, -0.15) is 74.6 Å². The quantitative estimate of drug-likeness (QED) is 0.0698. The number of ether oxygens (including phenoxy) is 1. The van der Waals surface area contributed by atoms with E-state index in [0.29, 0.717) is 17.5 Å². The van der Waals surface area contributed by atoms with Crippen LogP contribution in [0, 0.1) is 0 Å². The van der Waals surface area contributed by atoms with E-state index in [4.69, 9.17) is 0 Å². The summed E-state index contributed by atoms with van der Waals surface area (Å²) in [6, 6.07) is 5.76. The van der Waals surface area contributed by atoms with Crippen molar-refractivity contribution >= 4 is 12.0 Å². The molecule has 0 aliphatic heterocycles. The fraction of sp³-hybridized carbons (Fsp3) is 0.552. The molecule has 1 aromatic heterocycles. The molecule has 2 rings (SSSR count). The number of hydrogen-bond donors (Lipinski definition) is 0. The largest absolute Gasteiger partial charge is 0.462 e. The van der Waals surface area contributed by atoms with E-state index in [1.54, 1.807) is 12.4 Å². The number of carbonyl (C=O) groups excluding carboxylic acids is 1. The fourth-order valence-electron chi connectivity index (χ4n) is 3.98. The number of carbonyl (C=O) groups is 1. The van der Waals surface area contributed by atoms with Gasteiger partial charge < -0.3 is 4.74 Å². The second-order valence-electron chi connectivity index (χ2n) is 10.7. The molecule has 0 spiro atoms. The first-order valence-corrected chi connectivity index (χ1v) is 14.1. The van der Waals surface area contributed by atoms with Gasteiger partial charge in [-0.1, -0.05) is 50.5 Å². The number of aryl methyl sites for hydroxylation is 1. The summed E-state index contributed by atoms with van der Waals surface area (Å²) in [4.78, 5) is 20.3. The predicted octanol–water partition coefficient (Wildman–Crippen LogP) is 10.2. The number of benzene rings is 1. The molecule has 2 aromatic rings. The number of esters is 1. The van der Waals surface area contributed by atoms with Gasteiger partial charge in [0.2, 0.25) is 0 Å². The summed E-state index contributed by atoms with van der Waals surface area (Å²) in [6.07, 6.45) is -1.03. The molecule has 0 aliphatic rings. The maximum absolute atomic E-state index is 14.0. The summed E-state index contributed by atoms with van der Waals surface area (Å²) >= 11 is 0. The lowest BCUT2D eigenvalue weighted by molar-refractivity contribution is -0.461. The van der Waals surface area contributed by atoms with Crippen LogP contribution >= 0.6 is 0 Å². The van der Waals surface area contributed by atoms with Crippen LogP contribution in [0.15, 0.2) is 42.7 Å². The molecule has 0 radical (unpaired) electrons. The van der Waals surface area contributed by atoms with Crippen LogP contribution in [-0.2, 0) is 16.0 Å². The Hall–Kier alpha value is -3.68. The molecule has 4 nitrogen and oxygen atoms in total. The van der Waals surface area contributed by atoms with Gasteiger partial charge in [0, 0.05) is 24.0 Å². The smallest absolute Gasteiger partial charge is 0.460 e. The summed E-state index contributed by atoms with van der Waals surface area (Å²) in [5, 5.41) is 0. The SMILES string of the molecule is CCCCCCc1cnc(-c2ccc(C=CC(=O)OCCC(F)(F)C(F)(F)C(F)(F)C(F)(F)C(F)(F)C(F)(F)C(F)(F)C(F)(F)F)cc2)nc1. The van der Waals surface area contributed by atoms with E-state index in [2.05, 4.69) is 21.6 Å². The lowest BCUT2D eigenvalue weighted by Crippen LogP contribution is -2.74. The van der Waals surface area contributed by atoms with Crippen molar-refractivity contribution in [3.8, 4) is 11.4 Å². The Labute approximate surface area is 271 Å². The van der Waals surface area contributed by atoms with Crippen LogP contribution in [0.2, 0.25) is 0 Å². The summed E-state index contributed by atoms with van der Waals surface area (Å²) in [5.74, 6) is -58.4. The first kappa shape index (κ1) is 42.5. The zero-order valence-corrected chi connectivity index (χ0v) is 25.2.